The molecular weight excluding hydrogens is 244 g/mol. The molecule has 0 unspecified atom stereocenters. The number of benzene rings is 1. The van der Waals surface area contributed by atoms with E-state index < -0.39 is 0 Å². The summed E-state index contributed by atoms with van der Waals surface area (Å²) in [4.78, 5) is 5.01. The number of aryl methyl sites for hydroxylation is 1. The predicted molar refractivity (Wildman–Crippen MR) is 78.2 cm³/mol. The lowest BCUT2D eigenvalue weighted by Gasteiger charge is -2.09. The molecule has 0 fully saturated rings. The minimum atomic E-state index is 0.396. The van der Waals surface area contributed by atoms with Crippen LogP contribution in [0.3, 0.4) is 0 Å². The highest BCUT2D eigenvalue weighted by Crippen LogP contribution is 2.24. The zero-order valence-electron chi connectivity index (χ0n) is 10.6. The fourth-order valence-corrected chi connectivity index (χ4v) is 2.14. The third kappa shape index (κ3) is 2.43. The molecule has 0 spiro atoms. The second-order valence-electron chi connectivity index (χ2n) is 4.16. The number of nitrogens with two attached hydrogens (primary N) is 1. The van der Waals surface area contributed by atoms with Crippen molar-refractivity contribution >= 4 is 28.1 Å². The van der Waals surface area contributed by atoms with E-state index in [0.717, 1.165) is 40.8 Å². The summed E-state index contributed by atoms with van der Waals surface area (Å²) in [7, 11) is 1.64. The molecule has 0 aliphatic heterocycles. The number of hydrogen-bond acceptors (Lipinski definition) is 3. The summed E-state index contributed by atoms with van der Waals surface area (Å²) in [5.74, 6) is 0.782. The molecule has 0 saturated heterocycles. The molecule has 3 nitrogen and oxygen atoms in total. The van der Waals surface area contributed by atoms with Crippen LogP contribution in [0.1, 0.15) is 24.6 Å². The monoisotopic (exact) mass is 260 g/mol. The zero-order chi connectivity index (χ0) is 13.1. The van der Waals surface area contributed by atoms with Gasteiger partial charge < -0.3 is 10.5 Å². The molecule has 94 valence electrons. The molecule has 0 aliphatic rings. The van der Waals surface area contributed by atoms with Crippen molar-refractivity contribution in [2.45, 2.75) is 19.8 Å². The van der Waals surface area contributed by atoms with Crippen LogP contribution in [0.5, 0.6) is 5.75 Å². The summed E-state index contributed by atoms with van der Waals surface area (Å²) in [5, 5.41) is 0.946. The molecule has 1 heterocycles. The number of hydrogen-bond donors (Lipinski definition) is 1. The Hall–Kier alpha value is -1.68. The molecule has 0 bridgehead atoms. The van der Waals surface area contributed by atoms with Crippen molar-refractivity contribution in [2.24, 2.45) is 5.73 Å². The van der Waals surface area contributed by atoms with Crippen molar-refractivity contribution in [3.05, 3.63) is 35.5 Å². The van der Waals surface area contributed by atoms with Crippen LogP contribution in [0, 0.1) is 0 Å². The Morgan fingerprint density at radius 3 is 2.78 bits per heavy atom. The maximum atomic E-state index is 5.80. The lowest BCUT2D eigenvalue weighted by atomic mass is 10.1. The number of fused-ring (bicyclic) bond motifs is 1. The Labute approximate surface area is 112 Å². The van der Waals surface area contributed by atoms with Gasteiger partial charge in [0, 0.05) is 16.6 Å². The van der Waals surface area contributed by atoms with E-state index in [2.05, 4.69) is 11.9 Å². The summed E-state index contributed by atoms with van der Waals surface area (Å²) >= 11 is 5.12. The zero-order valence-corrected chi connectivity index (χ0v) is 11.4. The Kier molecular flexibility index (Phi) is 3.77. The maximum absolute atomic E-state index is 5.80. The first-order valence-corrected chi connectivity index (χ1v) is 6.34. The van der Waals surface area contributed by atoms with E-state index in [1.807, 2.05) is 24.3 Å². The van der Waals surface area contributed by atoms with Gasteiger partial charge in [0.25, 0.3) is 0 Å². The largest absolute Gasteiger partial charge is 0.497 e. The van der Waals surface area contributed by atoms with Crippen LogP contribution in [-0.2, 0) is 6.42 Å². The maximum Gasteiger partial charge on any atom is 0.119 e. The number of aromatic nitrogens is 1. The van der Waals surface area contributed by atoms with Crippen molar-refractivity contribution < 1.29 is 4.74 Å². The Bertz CT molecular complexity index is 596. The third-order valence-corrected chi connectivity index (χ3v) is 3.06. The van der Waals surface area contributed by atoms with Gasteiger partial charge in [-0.3, -0.25) is 4.98 Å². The van der Waals surface area contributed by atoms with Crippen LogP contribution in [0.25, 0.3) is 10.9 Å². The highest BCUT2D eigenvalue weighted by molar-refractivity contribution is 7.80. The summed E-state index contributed by atoms with van der Waals surface area (Å²) in [6.07, 6.45) is 1.98. The Morgan fingerprint density at radius 2 is 2.17 bits per heavy atom. The normalized spacial score (nSPS) is 10.6. The van der Waals surface area contributed by atoms with Gasteiger partial charge in [-0.1, -0.05) is 25.6 Å². The van der Waals surface area contributed by atoms with E-state index in [0.29, 0.717) is 4.99 Å². The lowest BCUT2D eigenvalue weighted by Crippen LogP contribution is -2.11. The molecule has 18 heavy (non-hydrogen) atoms. The van der Waals surface area contributed by atoms with Crippen molar-refractivity contribution in [2.75, 3.05) is 7.11 Å². The van der Waals surface area contributed by atoms with Crippen molar-refractivity contribution in [3.8, 4) is 5.75 Å². The van der Waals surface area contributed by atoms with Gasteiger partial charge >= 0.3 is 0 Å². The number of pyridine rings is 1. The fourth-order valence-electron chi connectivity index (χ4n) is 1.97. The molecule has 2 rings (SSSR count). The highest BCUT2D eigenvalue weighted by atomic mass is 32.1. The van der Waals surface area contributed by atoms with E-state index >= 15 is 0 Å². The molecule has 0 aliphatic carbocycles. The first-order valence-electron chi connectivity index (χ1n) is 5.93. The third-order valence-electron chi connectivity index (χ3n) is 2.84. The van der Waals surface area contributed by atoms with Crippen LogP contribution in [-0.4, -0.2) is 17.1 Å². The number of methoxy groups -OCH3 is 1. The molecule has 0 saturated carbocycles. The molecule has 4 heteroatoms. The van der Waals surface area contributed by atoms with E-state index in [1.165, 1.54) is 0 Å². The van der Waals surface area contributed by atoms with Gasteiger partial charge in [-0.25, -0.2) is 0 Å². The second-order valence-corrected chi connectivity index (χ2v) is 4.60. The van der Waals surface area contributed by atoms with Gasteiger partial charge in [-0.05, 0) is 30.7 Å². The lowest BCUT2D eigenvalue weighted by molar-refractivity contribution is 0.415. The molecule has 0 amide bonds. The summed E-state index contributed by atoms with van der Waals surface area (Å²) < 4.78 is 5.22. The van der Waals surface area contributed by atoms with E-state index in [9.17, 15) is 0 Å². The summed E-state index contributed by atoms with van der Waals surface area (Å²) in [6, 6.07) is 7.74. The highest BCUT2D eigenvalue weighted by Gasteiger charge is 2.09. The SMILES string of the molecule is CCCc1cc(C(N)=S)c2cc(OC)ccc2n1. The molecule has 0 atom stereocenters. The van der Waals surface area contributed by atoms with Gasteiger partial charge in [0.15, 0.2) is 0 Å². The molecule has 1 aromatic carbocycles. The van der Waals surface area contributed by atoms with E-state index in [1.54, 1.807) is 7.11 Å². The van der Waals surface area contributed by atoms with Crippen molar-refractivity contribution in [1.29, 1.82) is 0 Å². The second kappa shape index (κ2) is 5.31. The first-order chi connectivity index (χ1) is 8.65. The Morgan fingerprint density at radius 1 is 1.39 bits per heavy atom. The number of thiocarbonyl (C=S) groups is 1. The Balaban J connectivity index is 2.68. The number of nitrogens with zero attached hydrogens (tertiary/aromatic N) is 1. The van der Waals surface area contributed by atoms with Crippen molar-refractivity contribution in [1.82, 2.24) is 4.98 Å². The van der Waals surface area contributed by atoms with Crippen LogP contribution in [0.15, 0.2) is 24.3 Å². The smallest absolute Gasteiger partial charge is 0.119 e. The van der Waals surface area contributed by atoms with Gasteiger partial charge in [0.2, 0.25) is 0 Å². The molecule has 2 aromatic rings. The number of ether oxygens (including phenoxy) is 1. The minimum absolute atomic E-state index is 0.396. The van der Waals surface area contributed by atoms with Gasteiger partial charge in [0.1, 0.15) is 10.7 Å². The average molecular weight is 260 g/mol. The molecule has 0 radical (unpaired) electrons. The fraction of sp³-hybridized carbons (Fsp3) is 0.286. The molecular formula is C14H16N2OS. The van der Waals surface area contributed by atoms with Gasteiger partial charge in [-0.15, -0.1) is 0 Å². The minimum Gasteiger partial charge on any atom is -0.497 e. The molecule has 1 aromatic heterocycles. The van der Waals surface area contributed by atoms with E-state index in [-0.39, 0.29) is 0 Å². The standard InChI is InChI=1S/C14H16N2OS/c1-3-4-9-7-12(14(15)18)11-8-10(17-2)5-6-13(11)16-9/h5-8H,3-4H2,1-2H3,(H2,15,18). The van der Waals surface area contributed by atoms with Crippen LogP contribution in [0.4, 0.5) is 0 Å². The molecule has 2 N–H and O–H groups in total. The van der Waals surface area contributed by atoms with Crippen LogP contribution < -0.4 is 10.5 Å². The predicted octanol–water partition coefficient (Wildman–Crippen LogP) is 2.83. The van der Waals surface area contributed by atoms with Crippen molar-refractivity contribution in [3.63, 3.8) is 0 Å². The quantitative estimate of drug-likeness (QED) is 0.859. The van der Waals surface area contributed by atoms with Crippen LogP contribution >= 0.6 is 12.2 Å². The average Bonchev–Trinajstić information content (AvgIpc) is 2.37. The summed E-state index contributed by atoms with van der Waals surface area (Å²) in [6.45, 7) is 2.13. The van der Waals surface area contributed by atoms with E-state index in [4.69, 9.17) is 22.7 Å². The summed E-state index contributed by atoms with van der Waals surface area (Å²) in [5.41, 5.74) is 8.60. The number of rotatable bonds is 4. The topological polar surface area (TPSA) is 48.1 Å². The van der Waals surface area contributed by atoms with Crippen LogP contribution in [0.2, 0.25) is 0 Å². The first kappa shape index (κ1) is 12.8. The van der Waals surface area contributed by atoms with Gasteiger partial charge in [-0.2, -0.15) is 0 Å². The van der Waals surface area contributed by atoms with Gasteiger partial charge in [0.05, 0.1) is 12.6 Å².